The van der Waals surface area contributed by atoms with Crippen molar-refractivity contribution in [3.8, 4) is 0 Å². The molecule has 0 aromatic heterocycles. The molecule has 0 radical (unpaired) electrons. The number of carbonyl (C=O) groups excluding carboxylic acids is 1. The van der Waals surface area contributed by atoms with E-state index in [0.29, 0.717) is 0 Å². The highest BCUT2D eigenvalue weighted by Crippen LogP contribution is 1.46. The summed E-state index contributed by atoms with van der Waals surface area (Å²) in [6, 6.07) is 0. The summed E-state index contributed by atoms with van der Waals surface area (Å²) in [6.07, 6.45) is 0.208. The van der Waals surface area contributed by atoms with Crippen molar-refractivity contribution in [2.75, 3.05) is 6.67 Å². The summed E-state index contributed by atoms with van der Waals surface area (Å²) in [5, 5.41) is 0. The van der Waals surface area contributed by atoms with Crippen LogP contribution in [0.1, 0.15) is 0 Å². The van der Waals surface area contributed by atoms with E-state index in [2.05, 4.69) is 0 Å². The van der Waals surface area contributed by atoms with Crippen LogP contribution < -0.4 is 0 Å². The molecule has 0 unspecified atom stereocenters. The van der Waals surface area contributed by atoms with Crippen molar-refractivity contribution in [1.82, 2.24) is 0 Å². The predicted octanol–water partition coefficient (Wildman–Crippen LogP) is -0.670. The molecule has 2 N–H and O–H groups in total. The van der Waals surface area contributed by atoms with Gasteiger partial charge in [0.05, 0.1) is 0 Å². The fourth-order valence-electron chi connectivity index (χ4n) is 0. The molecule has 0 aliphatic carbocycles. The molecule has 0 aliphatic heterocycles. The summed E-state index contributed by atoms with van der Waals surface area (Å²) in [4.78, 5) is 8.80. The van der Waals surface area contributed by atoms with Crippen molar-refractivity contribution in [1.29, 1.82) is 0 Å². The highest BCUT2D eigenvalue weighted by molar-refractivity contribution is 5.50. The third kappa shape index (κ3) is 27.6. The second-order valence-corrected chi connectivity index (χ2v) is 0.321. The van der Waals surface area contributed by atoms with Crippen molar-refractivity contribution in [3.05, 3.63) is 0 Å². The molecule has 2 nitrogen and oxygen atoms in total. The molecular weight excluding hydrogens is 75.0 g/mol. The quantitative estimate of drug-likeness (QED) is 0.385. The summed E-state index contributed by atoms with van der Waals surface area (Å²) in [5.41, 5.74) is 0. The number of carbonyl (C=O) groups is 1. The number of hydrogen-bond acceptors (Lipinski definition) is 1. The van der Waals surface area contributed by atoms with Crippen LogP contribution in [0.4, 0.5) is 4.39 Å². The Labute approximate surface area is 28.9 Å². The first kappa shape index (κ1) is 8.82. The Hall–Kier alpha value is -0.440. The van der Waals surface area contributed by atoms with E-state index in [4.69, 9.17) is 4.79 Å². The Balaban J connectivity index is 0. The Morgan fingerprint density at radius 1 is 1.80 bits per heavy atom. The van der Waals surface area contributed by atoms with Crippen LogP contribution in [0.5, 0.6) is 0 Å². The molecule has 0 saturated carbocycles. The Morgan fingerprint density at radius 3 is 2.00 bits per heavy atom. The molecular formula is C2H5FO2. The maximum absolute atomic E-state index is 10.4. The lowest BCUT2D eigenvalue weighted by molar-refractivity contribution is -0.108. The zero-order chi connectivity index (χ0) is 3.41. The number of rotatable bonds is 1. The largest absolute Gasteiger partial charge is 0.412 e. The molecule has 0 aromatic carbocycles. The topological polar surface area (TPSA) is 48.6 Å². The van der Waals surface area contributed by atoms with Gasteiger partial charge >= 0.3 is 0 Å². The van der Waals surface area contributed by atoms with E-state index in [-0.39, 0.29) is 11.8 Å². The van der Waals surface area contributed by atoms with E-state index in [9.17, 15) is 4.39 Å². The van der Waals surface area contributed by atoms with Crippen molar-refractivity contribution >= 4 is 6.29 Å². The Bertz CT molecular complexity index is 21.6. The van der Waals surface area contributed by atoms with Crippen LogP contribution in [-0.2, 0) is 4.79 Å². The molecule has 0 spiro atoms. The standard InChI is InChI=1S/C2H3FO.H2O/c3-1-2-4;/h2H,1H2;1H2. The van der Waals surface area contributed by atoms with Gasteiger partial charge in [-0.1, -0.05) is 0 Å². The summed E-state index contributed by atoms with van der Waals surface area (Å²) in [5.74, 6) is 0. The maximum Gasteiger partial charge on any atom is 0.150 e. The molecule has 0 atom stereocenters. The number of aldehydes is 1. The first-order valence-corrected chi connectivity index (χ1v) is 0.911. The zero-order valence-corrected chi connectivity index (χ0v) is 2.57. The van der Waals surface area contributed by atoms with Gasteiger partial charge in [0.15, 0.2) is 6.29 Å². The highest BCUT2D eigenvalue weighted by atomic mass is 19.1. The maximum atomic E-state index is 10.4. The molecule has 0 amide bonds. The number of alkyl halides is 1. The van der Waals surface area contributed by atoms with Crippen molar-refractivity contribution in [2.45, 2.75) is 0 Å². The van der Waals surface area contributed by atoms with E-state index in [1.165, 1.54) is 0 Å². The predicted molar refractivity (Wildman–Crippen MR) is 15.7 cm³/mol. The first-order valence-electron chi connectivity index (χ1n) is 0.911. The van der Waals surface area contributed by atoms with Gasteiger partial charge in [-0.2, -0.15) is 0 Å². The van der Waals surface area contributed by atoms with Gasteiger partial charge in [0, 0.05) is 0 Å². The molecule has 5 heavy (non-hydrogen) atoms. The van der Waals surface area contributed by atoms with Crippen molar-refractivity contribution in [2.24, 2.45) is 0 Å². The monoisotopic (exact) mass is 80.0 g/mol. The van der Waals surface area contributed by atoms with Crippen LogP contribution in [-0.4, -0.2) is 18.4 Å². The second-order valence-electron chi connectivity index (χ2n) is 0.321. The molecule has 0 aromatic rings. The normalized spacial score (nSPS) is 5.00. The minimum atomic E-state index is -0.861. The minimum Gasteiger partial charge on any atom is -0.412 e. The van der Waals surface area contributed by atoms with Crippen molar-refractivity contribution in [3.63, 3.8) is 0 Å². The third-order valence-corrected chi connectivity index (χ3v) is 0.0630. The lowest BCUT2D eigenvalue weighted by Gasteiger charge is -1.48. The van der Waals surface area contributed by atoms with E-state index in [0.717, 1.165) is 0 Å². The van der Waals surface area contributed by atoms with Gasteiger partial charge in [-0.3, -0.25) is 0 Å². The summed E-state index contributed by atoms with van der Waals surface area (Å²) in [6.45, 7) is -0.861. The van der Waals surface area contributed by atoms with Crippen LogP contribution >= 0.6 is 0 Å². The molecule has 0 aliphatic rings. The number of hydrogen-bond donors (Lipinski definition) is 0. The van der Waals surface area contributed by atoms with Gasteiger partial charge in [-0.05, 0) is 0 Å². The first-order chi connectivity index (χ1) is 1.91. The Morgan fingerprint density at radius 2 is 2.00 bits per heavy atom. The average molecular weight is 80.1 g/mol. The molecule has 0 bridgehead atoms. The minimum absolute atomic E-state index is 0. The van der Waals surface area contributed by atoms with E-state index >= 15 is 0 Å². The SMILES string of the molecule is O.O=CCF. The van der Waals surface area contributed by atoms with Crippen LogP contribution in [0.15, 0.2) is 0 Å². The van der Waals surface area contributed by atoms with Gasteiger partial charge in [0.1, 0.15) is 6.67 Å². The van der Waals surface area contributed by atoms with Gasteiger partial charge in [-0.25, -0.2) is 4.39 Å². The van der Waals surface area contributed by atoms with Gasteiger partial charge in [0.2, 0.25) is 0 Å². The summed E-state index contributed by atoms with van der Waals surface area (Å²) >= 11 is 0. The molecule has 0 fully saturated rings. The lowest BCUT2D eigenvalue weighted by Crippen LogP contribution is -1.65. The Kier molecular flexibility index (Phi) is 16.9. The van der Waals surface area contributed by atoms with Gasteiger partial charge in [0.25, 0.3) is 0 Å². The third-order valence-electron chi connectivity index (χ3n) is 0.0630. The van der Waals surface area contributed by atoms with Crippen LogP contribution in [0, 0.1) is 0 Å². The van der Waals surface area contributed by atoms with Crippen LogP contribution in [0.3, 0.4) is 0 Å². The summed E-state index contributed by atoms with van der Waals surface area (Å²) < 4.78 is 10.4. The fraction of sp³-hybridized carbons (Fsp3) is 0.500. The fourth-order valence-corrected chi connectivity index (χ4v) is 0. The van der Waals surface area contributed by atoms with Gasteiger partial charge < -0.3 is 10.3 Å². The average Bonchev–Trinajstić information content (AvgIpc) is 1.37. The molecule has 0 rings (SSSR count). The number of halogens is 1. The zero-order valence-electron chi connectivity index (χ0n) is 2.57. The van der Waals surface area contributed by atoms with Gasteiger partial charge in [-0.15, -0.1) is 0 Å². The van der Waals surface area contributed by atoms with Crippen molar-refractivity contribution < 1.29 is 14.7 Å². The van der Waals surface area contributed by atoms with Crippen LogP contribution in [0.25, 0.3) is 0 Å². The van der Waals surface area contributed by atoms with E-state index in [1.807, 2.05) is 0 Å². The molecule has 0 heterocycles. The molecule has 0 saturated heterocycles. The van der Waals surface area contributed by atoms with Crippen LogP contribution in [0.2, 0.25) is 0 Å². The lowest BCUT2D eigenvalue weighted by atomic mass is 10.9. The summed E-state index contributed by atoms with van der Waals surface area (Å²) in [7, 11) is 0. The molecule has 3 heteroatoms. The smallest absolute Gasteiger partial charge is 0.150 e. The molecule has 32 valence electrons. The van der Waals surface area contributed by atoms with E-state index in [1.54, 1.807) is 0 Å². The van der Waals surface area contributed by atoms with E-state index < -0.39 is 6.67 Å². The second kappa shape index (κ2) is 9.59. The highest BCUT2D eigenvalue weighted by Gasteiger charge is 1.57.